The van der Waals surface area contributed by atoms with Crippen LogP contribution < -0.4 is 10.6 Å². The number of halogens is 3. The Bertz CT molecular complexity index is 1210. The Morgan fingerprint density at radius 1 is 1.09 bits per heavy atom. The first kappa shape index (κ1) is 26.9. The Morgan fingerprint density at radius 3 is 2.40 bits per heavy atom. The standard InChI is InChI=1S/C26H35F3N4OSi/c1-16(31-24-20-14-18(30-6)12-13-22(20)32-17(2)33-24)19-10-9-11-21(23(19)27)26(28,29)15-34-35(7,8)25(3,4)5/h9-14,16,30H,15H2,1-8H3,(H,31,32,33)/t16-/m1/s1. The Balaban J connectivity index is 1.91. The van der Waals surface area contributed by atoms with Crippen molar-refractivity contribution >= 4 is 30.7 Å². The largest absolute Gasteiger partial charge is 0.410 e. The van der Waals surface area contributed by atoms with E-state index in [-0.39, 0.29) is 10.6 Å². The minimum Gasteiger partial charge on any atom is -0.410 e. The molecule has 190 valence electrons. The molecule has 0 amide bonds. The van der Waals surface area contributed by atoms with Crippen LogP contribution in [0.2, 0.25) is 18.1 Å². The molecule has 1 aromatic heterocycles. The lowest BCUT2D eigenvalue weighted by Gasteiger charge is -2.37. The zero-order valence-electron chi connectivity index (χ0n) is 21.7. The Hall–Kier alpha value is -2.65. The molecule has 5 nitrogen and oxygen atoms in total. The van der Waals surface area contributed by atoms with Gasteiger partial charge in [-0.1, -0.05) is 32.9 Å². The predicted octanol–water partition coefficient (Wildman–Crippen LogP) is 7.41. The maximum absolute atomic E-state index is 15.5. The molecule has 9 heteroatoms. The Morgan fingerprint density at radius 2 is 1.77 bits per heavy atom. The topological polar surface area (TPSA) is 59.1 Å². The third-order valence-corrected chi connectivity index (χ3v) is 11.2. The van der Waals surface area contributed by atoms with E-state index >= 15 is 13.2 Å². The van der Waals surface area contributed by atoms with Gasteiger partial charge in [-0.3, -0.25) is 0 Å². The summed E-state index contributed by atoms with van der Waals surface area (Å²) < 4.78 is 51.5. The molecular weight excluding hydrogens is 469 g/mol. The van der Waals surface area contributed by atoms with Crippen molar-refractivity contribution in [3.05, 3.63) is 59.2 Å². The van der Waals surface area contributed by atoms with Crippen LogP contribution in [0.1, 0.15) is 50.7 Å². The van der Waals surface area contributed by atoms with Gasteiger partial charge in [-0.05, 0) is 56.2 Å². The fourth-order valence-corrected chi connectivity index (χ4v) is 4.50. The van der Waals surface area contributed by atoms with Gasteiger partial charge >= 0.3 is 0 Å². The molecule has 1 atom stereocenters. The summed E-state index contributed by atoms with van der Waals surface area (Å²) in [5.41, 5.74) is 1.07. The highest BCUT2D eigenvalue weighted by Gasteiger charge is 2.43. The molecule has 35 heavy (non-hydrogen) atoms. The molecular formula is C26H35F3N4OSi. The maximum atomic E-state index is 15.5. The second-order valence-electron chi connectivity index (χ2n) is 10.4. The lowest BCUT2D eigenvalue weighted by Crippen LogP contribution is -2.43. The van der Waals surface area contributed by atoms with Crippen LogP contribution in [0.15, 0.2) is 36.4 Å². The fourth-order valence-electron chi connectivity index (χ4n) is 3.52. The number of nitrogens with zero attached hydrogens (tertiary/aromatic N) is 2. The molecule has 2 N–H and O–H groups in total. The zero-order chi connectivity index (χ0) is 26.2. The molecule has 0 unspecified atom stereocenters. The van der Waals surface area contributed by atoms with Crippen LogP contribution in [0, 0.1) is 12.7 Å². The number of fused-ring (bicyclic) bond motifs is 1. The molecule has 1 heterocycles. The van der Waals surface area contributed by atoms with Crippen LogP contribution in [0.4, 0.5) is 24.7 Å². The number of anilines is 2. The highest BCUT2D eigenvalue weighted by molar-refractivity contribution is 6.74. The van der Waals surface area contributed by atoms with E-state index in [1.807, 2.05) is 59.1 Å². The van der Waals surface area contributed by atoms with Crippen molar-refractivity contribution in [1.82, 2.24) is 9.97 Å². The van der Waals surface area contributed by atoms with E-state index < -0.39 is 38.3 Å². The fraction of sp³-hybridized carbons (Fsp3) is 0.462. The average molecular weight is 505 g/mol. The lowest BCUT2D eigenvalue weighted by molar-refractivity contribution is -0.0536. The van der Waals surface area contributed by atoms with Gasteiger partial charge in [-0.2, -0.15) is 8.78 Å². The first-order valence-corrected chi connectivity index (χ1v) is 14.6. The molecule has 0 spiro atoms. The van der Waals surface area contributed by atoms with Crippen molar-refractivity contribution in [2.24, 2.45) is 0 Å². The molecule has 0 fully saturated rings. The molecule has 2 aromatic carbocycles. The van der Waals surface area contributed by atoms with E-state index in [0.29, 0.717) is 11.6 Å². The van der Waals surface area contributed by atoms with Gasteiger partial charge in [0.05, 0.1) is 17.1 Å². The summed E-state index contributed by atoms with van der Waals surface area (Å²) in [6.07, 6.45) is 0. The second-order valence-corrected chi connectivity index (χ2v) is 15.2. The maximum Gasteiger partial charge on any atom is 0.297 e. The number of rotatable bonds is 8. The lowest BCUT2D eigenvalue weighted by atomic mass is 10.00. The average Bonchev–Trinajstić information content (AvgIpc) is 2.76. The van der Waals surface area contributed by atoms with Crippen molar-refractivity contribution in [2.75, 3.05) is 24.3 Å². The summed E-state index contributed by atoms with van der Waals surface area (Å²) in [5.74, 6) is -3.35. The highest BCUT2D eigenvalue weighted by atomic mass is 28.4. The molecule has 3 rings (SSSR count). The molecule has 0 bridgehead atoms. The minimum absolute atomic E-state index is 0.128. The number of benzene rings is 2. The van der Waals surface area contributed by atoms with Crippen molar-refractivity contribution < 1.29 is 17.6 Å². The third-order valence-electron chi connectivity index (χ3n) is 6.76. The summed E-state index contributed by atoms with van der Waals surface area (Å²) in [6.45, 7) is 12.4. The first-order valence-electron chi connectivity index (χ1n) is 11.7. The zero-order valence-corrected chi connectivity index (χ0v) is 22.7. The molecule has 0 saturated carbocycles. The summed E-state index contributed by atoms with van der Waals surface area (Å²) in [7, 11) is -0.618. The summed E-state index contributed by atoms with van der Waals surface area (Å²) >= 11 is 0. The van der Waals surface area contributed by atoms with Gasteiger partial charge in [-0.25, -0.2) is 14.4 Å². The number of hydrogen-bond donors (Lipinski definition) is 2. The van der Waals surface area contributed by atoms with E-state index in [1.165, 1.54) is 12.1 Å². The number of aromatic nitrogens is 2. The summed E-state index contributed by atoms with van der Waals surface area (Å²) in [4.78, 5) is 8.94. The number of hydrogen-bond acceptors (Lipinski definition) is 5. The van der Waals surface area contributed by atoms with Crippen molar-refractivity contribution in [2.45, 2.75) is 64.7 Å². The molecule has 0 aliphatic carbocycles. The van der Waals surface area contributed by atoms with Crippen LogP contribution in [0.5, 0.6) is 0 Å². The predicted molar refractivity (Wildman–Crippen MR) is 139 cm³/mol. The van der Waals surface area contributed by atoms with Crippen molar-refractivity contribution in [3.8, 4) is 0 Å². The van der Waals surface area contributed by atoms with Gasteiger partial charge in [0.1, 0.15) is 24.1 Å². The van der Waals surface area contributed by atoms with Gasteiger partial charge in [0.15, 0.2) is 8.32 Å². The molecule has 0 aliphatic rings. The normalized spacial score (nSPS) is 13.7. The SMILES string of the molecule is CNc1ccc2nc(C)nc(N[C@H](C)c3cccc(C(F)(F)CO[Si](C)(C)C(C)(C)C)c3F)c2c1. The molecule has 0 aliphatic heterocycles. The van der Waals surface area contributed by atoms with Crippen LogP contribution >= 0.6 is 0 Å². The molecule has 0 saturated heterocycles. The number of alkyl halides is 2. The van der Waals surface area contributed by atoms with Crippen molar-refractivity contribution in [3.63, 3.8) is 0 Å². The van der Waals surface area contributed by atoms with Gasteiger partial charge in [0.2, 0.25) is 0 Å². The van der Waals surface area contributed by atoms with Gasteiger partial charge in [0, 0.05) is 23.7 Å². The van der Waals surface area contributed by atoms with Crippen LogP contribution in [0.25, 0.3) is 10.9 Å². The van der Waals surface area contributed by atoms with Crippen LogP contribution in [-0.2, 0) is 10.3 Å². The molecule has 3 aromatic rings. The van der Waals surface area contributed by atoms with E-state index in [1.54, 1.807) is 13.8 Å². The third kappa shape index (κ3) is 5.78. The van der Waals surface area contributed by atoms with E-state index in [9.17, 15) is 0 Å². The van der Waals surface area contributed by atoms with E-state index in [0.717, 1.165) is 22.7 Å². The summed E-state index contributed by atoms with van der Waals surface area (Å²) in [5, 5.41) is 6.80. The Labute approximate surface area is 206 Å². The van der Waals surface area contributed by atoms with E-state index in [4.69, 9.17) is 4.43 Å². The van der Waals surface area contributed by atoms with Crippen molar-refractivity contribution in [1.29, 1.82) is 0 Å². The number of aryl methyl sites for hydroxylation is 1. The molecule has 0 radical (unpaired) electrons. The smallest absolute Gasteiger partial charge is 0.297 e. The minimum atomic E-state index is -3.46. The van der Waals surface area contributed by atoms with Crippen LogP contribution in [-0.4, -0.2) is 31.9 Å². The number of nitrogens with one attached hydrogen (secondary N) is 2. The summed E-state index contributed by atoms with van der Waals surface area (Å²) in [6, 6.07) is 9.13. The van der Waals surface area contributed by atoms with Gasteiger partial charge < -0.3 is 15.1 Å². The van der Waals surface area contributed by atoms with E-state index in [2.05, 4.69) is 20.6 Å². The van der Waals surface area contributed by atoms with Gasteiger partial charge in [0.25, 0.3) is 5.92 Å². The van der Waals surface area contributed by atoms with Crippen LogP contribution in [0.3, 0.4) is 0 Å². The van der Waals surface area contributed by atoms with Gasteiger partial charge in [-0.15, -0.1) is 0 Å². The highest BCUT2D eigenvalue weighted by Crippen LogP contribution is 2.40. The quantitative estimate of drug-likeness (QED) is 0.313. The first-order chi connectivity index (χ1) is 16.2. The second kappa shape index (κ2) is 9.77. The Kier molecular flexibility index (Phi) is 7.52. The monoisotopic (exact) mass is 504 g/mol.